The van der Waals surface area contributed by atoms with Gasteiger partial charge in [0.2, 0.25) is 0 Å². The summed E-state index contributed by atoms with van der Waals surface area (Å²) in [6, 6.07) is 0.550. The first-order chi connectivity index (χ1) is 6.83. The van der Waals surface area contributed by atoms with Gasteiger partial charge < -0.3 is 10.1 Å². The lowest BCUT2D eigenvalue weighted by Gasteiger charge is -2.21. The van der Waals surface area contributed by atoms with Crippen LogP contribution in [0.3, 0.4) is 0 Å². The minimum Gasteiger partial charge on any atom is -0.463 e. The van der Waals surface area contributed by atoms with Gasteiger partial charge in [0.1, 0.15) is 0 Å². The summed E-state index contributed by atoms with van der Waals surface area (Å²) in [5, 5.41) is 3.23. The Morgan fingerprint density at radius 3 is 2.79 bits per heavy atom. The smallest absolute Gasteiger partial charge is 0.332 e. The lowest BCUT2D eigenvalue weighted by atomic mass is 9.96. The van der Waals surface area contributed by atoms with E-state index in [4.69, 9.17) is 4.74 Å². The van der Waals surface area contributed by atoms with E-state index in [2.05, 4.69) is 5.32 Å². The zero-order valence-corrected chi connectivity index (χ0v) is 8.79. The maximum absolute atomic E-state index is 10.9. The molecule has 1 saturated carbocycles. The molecule has 0 aromatic rings. The molecule has 0 radical (unpaired) electrons. The Bertz CT molecular complexity index is 195. The van der Waals surface area contributed by atoms with E-state index in [-0.39, 0.29) is 5.97 Å². The van der Waals surface area contributed by atoms with Crippen LogP contribution < -0.4 is 5.32 Å². The van der Waals surface area contributed by atoms with Crippen LogP contribution in [-0.4, -0.2) is 18.6 Å². The molecule has 0 bridgehead atoms. The second kappa shape index (κ2) is 6.46. The first-order valence-corrected chi connectivity index (χ1v) is 5.42. The van der Waals surface area contributed by atoms with E-state index in [1.54, 1.807) is 13.1 Å². The van der Waals surface area contributed by atoms with Crippen LogP contribution in [0.15, 0.2) is 12.3 Å². The number of hydrogen-bond donors (Lipinski definition) is 1. The maximum atomic E-state index is 10.9. The van der Waals surface area contributed by atoms with Crippen molar-refractivity contribution < 1.29 is 9.53 Å². The fourth-order valence-electron chi connectivity index (χ4n) is 1.71. The van der Waals surface area contributed by atoms with Gasteiger partial charge >= 0.3 is 5.97 Å². The third-order valence-corrected chi connectivity index (χ3v) is 2.44. The second-order valence-corrected chi connectivity index (χ2v) is 3.59. The zero-order chi connectivity index (χ0) is 10.2. The third-order valence-electron chi connectivity index (χ3n) is 2.44. The SMILES string of the molecule is CCOC(=O)C=CNC1CCCCC1. The highest BCUT2D eigenvalue weighted by Crippen LogP contribution is 2.17. The Labute approximate surface area is 85.5 Å². The summed E-state index contributed by atoms with van der Waals surface area (Å²) in [6.07, 6.45) is 9.54. The highest BCUT2D eigenvalue weighted by atomic mass is 16.5. The molecule has 0 unspecified atom stereocenters. The van der Waals surface area contributed by atoms with Crippen molar-refractivity contribution in [3.8, 4) is 0 Å². The van der Waals surface area contributed by atoms with Crippen LogP contribution in [0.25, 0.3) is 0 Å². The number of ether oxygens (including phenoxy) is 1. The summed E-state index contributed by atoms with van der Waals surface area (Å²) in [5.74, 6) is -0.268. The monoisotopic (exact) mass is 197 g/mol. The topological polar surface area (TPSA) is 38.3 Å². The van der Waals surface area contributed by atoms with Gasteiger partial charge in [-0.25, -0.2) is 4.79 Å². The molecule has 1 fully saturated rings. The van der Waals surface area contributed by atoms with Crippen molar-refractivity contribution in [2.24, 2.45) is 0 Å². The van der Waals surface area contributed by atoms with Crippen LogP contribution in [-0.2, 0) is 9.53 Å². The fourth-order valence-corrected chi connectivity index (χ4v) is 1.71. The highest BCUT2D eigenvalue weighted by Gasteiger charge is 2.10. The second-order valence-electron chi connectivity index (χ2n) is 3.59. The molecule has 0 heterocycles. The largest absolute Gasteiger partial charge is 0.463 e. The minimum absolute atomic E-state index is 0.268. The molecule has 80 valence electrons. The Balaban J connectivity index is 2.14. The van der Waals surface area contributed by atoms with Crippen molar-refractivity contribution in [3.63, 3.8) is 0 Å². The van der Waals surface area contributed by atoms with E-state index in [0.717, 1.165) is 0 Å². The molecule has 0 amide bonds. The zero-order valence-electron chi connectivity index (χ0n) is 8.79. The quantitative estimate of drug-likeness (QED) is 0.553. The van der Waals surface area contributed by atoms with Gasteiger partial charge in [0, 0.05) is 18.3 Å². The van der Waals surface area contributed by atoms with Crippen LogP contribution in [0, 0.1) is 0 Å². The maximum Gasteiger partial charge on any atom is 0.332 e. The fraction of sp³-hybridized carbons (Fsp3) is 0.727. The molecule has 14 heavy (non-hydrogen) atoms. The first kappa shape index (κ1) is 11.1. The molecule has 1 N–H and O–H groups in total. The Hall–Kier alpha value is -0.990. The lowest BCUT2D eigenvalue weighted by Crippen LogP contribution is -2.26. The average molecular weight is 197 g/mol. The van der Waals surface area contributed by atoms with E-state index in [9.17, 15) is 4.79 Å². The number of carbonyl (C=O) groups excluding carboxylic acids is 1. The molecular formula is C11H19NO2. The van der Waals surface area contributed by atoms with E-state index < -0.39 is 0 Å². The van der Waals surface area contributed by atoms with Gasteiger partial charge in [-0.3, -0.25) is 0 Å². The number of esters is 1. The molecular weight excluding hydrogens is 178 g/mol. The Morgan fingerprint density at radius 1 is 1.43 bits per heavy atom. The van der Waals surface area contributed by atoms with Crippen molar-refractivity contribution in [2.75, 3.05) is 6.61 Å². The van der Waals surface area contributed by atoms with Gasteiger partial charge in [-0.05, 0) is 19.8 Å². The van der Waals surface area contributed by atoms with Crippen molar-refractivity contribution >= 4 is 5.97 Å². The number of nitrogens with one attached hydrogen (secondary N) is 1. The number of hydrogen-bond acceptors (Lipinski definition) is 3. The van der Waals surface area contributed by atoms with Crippen LogP contribution in [0.2, 0.25) is 0 Å². The molecule has 0 aromatic carbocycles. The van der Waals surface area contributed by atoms with Crippen LogP contribution in [0.5, 0.6) is 0 Å². The van der Waals surface area contributed by atoms with Gasteiger partial charge in [-0.1, -0.05) is 19.3 Å². The van der Waals surface area contributed by atoms with Crippen molar-refractivity contribution in [1.29, 1.82) is 0 Å². The summed E-state index contributed by atoms with van der Waals surface area (Å²) in [4.78, 5) is 10.9. The van der Waals surface area contributed by atoms with Crippen LogP contribution >= 0.6 is 0 Å². The molecule has 0 spiro atoms. The molecule has 3 heteroatoms. The van der Waals surface area contributed by atoms with E-state index in [0.29, 0.717) is 12.6 Å². The highest BCUT2D eigenvalue weighted by molar-refractivity contribution is 5.81. The van der Waals surface area contributed by atoms with Crippen molar-refractivity contribution in [2.45, 2.75) is 45.1 Å². The molecule has 1 aliphatic rings. The predicted molar refractivity (Wildman–Crippen MR) is 55.8 cm³/mol. The van der Waals surface area contributed by atoms with Crippen molar-refractivity contribution in [3.05, 3.63) is 12.3 Å². The Kier molecular flexibility index (Phi) is 5.12. The van der Waals surface area contributed by atoms with E-state index in [1.807, 2.05) is 0 Å². The Morgan fingerprint density at radius 2 is 2.14 bits per heavy atom. The van der Waals surface area contributed by atoms with Gasteiger partial charge in [0.25, 0.3) is 0 Å². The predicted octanol–water partition coefficient (Wildman–Crippen LogP) is 1.99. The van der Waals surface area contributed by atoms with E-state index in [1.165, 1.54) is 38.2 Å². The van der Waals surface area contributed by atoms with Crippen LogP contribution in [0.4, 0.5) is 0 Å². The first-order valence-electron chi connectivity index (χ1n) is 5.42. The summed E-state index contributed by atoms with van der Waals surface area (Å²) in [6.45, 7) is 2.24. The molecule has 1 rings (SSSR count). The molecule has 1 aliphatic carbocycles. The summed E-state index contributed by atoms with van der Waals surface area (Å²) in [7, 11) is 0. The van der Waals surface area contributed by atoms with E-state index >= 15 is 0 Å². The minimum atomic E-state index is -0.268. The van der Waals surface area contributed by atoms with Gasteiger partial charge in [-0.15, -0.1) is 0 Å². The lowest BCUT2D eigenvalue weighted by molar-refractivity contribution is -0.137. The molecule has 0 atom stereocenters. The summed E-state index contributed by atoms with van der Waals surface area (Å²) >= 11 is 0. The third kappa shape index (κ3) is 4.30. The number of carbonyl (C=O) groups is 1. The van der Waals surface area contributed by atoms with Crippen LogP contribution in [0.1, 0.15) is 39.0 Å². The van der Waals surface area contributed by atoms with Crippen molar-refractivity contribution in [1.82, 2.24) is 5.32 Å². The normalized spacial score (nSPS) is 18.4. The summed E-state index contributed by atoms with van der Waals surface area (Å²) in [5.41, 5.74) is 0. The molecule has 0 aliphatic heterocycles. The standard InChI is InChI=1S/C11H19NO2/c1-2-14-11(13)8-9-12-10-6-4-3-5-7-10/h8-10,12H,2-7H2,1H3. The molecule has 3 nitrogen and oxygen atoms in total. The number of rotatable bonds is 4. The van der Waals surface area contributed by atoms with Gasteiger partial charge in [-0.2, -0.15) is 0 Å². The van der Waals surface area contributed by atoms with Gasteiger partial charge in [0.15, 0.2) is 0 Å². The van der Waals surface area contributed by atoms with Gasteiger partial charge in [0.05, 0.1) is 6.61 Å². The average Bonchev–Trinajstić information content (AvgIpc) is 2.20. The summed E-state index contributed by atoms with van der Waals surface area (Å²) < 4.78 is 4.77. The molecule has 0 saturated heterocycles. The molecule has 0 aromatic heterocycles.